The van der Waals surface area contributed by atoms with Crippen LogP contribution in [0.25, 0.3) is 44.8 Å². The third-order valence-electron chi connectivity index (χ3n) is 19.6. The molecule has 4 saturated carbocycles. The molecular weight excluding hydrogens is 929 g/mol. The van der Waals surface area contributed by atoms with Gasteiger partial charge >= 0.3 is 12.2 Å². The fraction of sp³-hybridized carbons (Fsp3) is 0.533. The number of aromatic nitrogens is 4. The number of fused-ring (bicyclic) bond motifs is 12. The van der Waals surface area contributed by atoms with E-state index in [2.05, 4.69) is 69.1 Å². The van der Waals surface area contributed by atoms with E-state index in [1.165, 1.54) is 91.7 Å². The fourth-order valence-electron chi connectivity index (χ4n) is 15.2. The lowest BCUT2D eigenvalue weighted by Gasteiger charge is -2.32. The number of methoxy groups -OCH3 is 2. The van der Waals surface area contributed by atoms with Crippen LogP contribution in [0.1, 0.15) is 174 Å². The highest BCUT2D eigenvalue weighted by Gasteiger charge is 2.58. The molecule has 5 aromatic rings. The van der Waals surface area contributed by atoms with Gasteiger partial charge in [0.15, 0.2) is 0 Å². The van der Waals surface area contributed by atoms with Gasteiger partial charge in [-0.25, -0.2) is 19.6 Å². The second-order valence-electron chi connectivity index (χ2n) is 23.4. The summed E-state index contributed by atoms with van der Waals surface area (Å²) in [5.74, 6) is 4.53. The first kappa shape index (κ1) is 47.3. The molecule has 8 unspecified atom stereocenters. The number of carbonyl (C=O) groups excluding carboxylic acids is 4. The van der Waals surface area contributed by atoms with Crippen molar-refractivity contribution < 1.29 is 28.7 Å². The maximum Gasteiger partial charge on any atom is 0.407 e. The molecule has 4 N–H and O–H groups in total. The Morgan fingerprint density at radius 3 is 1.43 bits per heavy atom. The van der Waals surface area contributed by atoms with Crippen molar-refractivity contribution in [2.45, 2.75) is 165 Å². The van der Waals surface area contributed by atoms with Crippen molar-refractivity contribution in [2.24, 2.45) is 23.7 Å². The number of nitrogens with one attached hydrogen (secondary N) is 4. The lowest BCUT2D eigenvalue weighted by molar-refractivity contribution is -0.137. The van der Waals surface area contributed by atoms with Crippen molar-refractivity contribution in [3.8, 4) is 44.8 Å². The number of ether oxygens (including phenoxy) is 2. The second-order valence-corrected chi connectivity index (χ2v) is 23.4. The Bertz CT molecular complexity index is 3070. The van der Waals surface area contributed by atoms with Crippen molar-refractivity contribution in [2.75, 3.05) is 14.2 Å². The molecular formula is C60H70N8O6. The van der Waals surface area contributed by atoms with Crippen molar-refractivity contribution in [3.63, 3.8) is 0 Å². The number of amides is 4. The van der Waals surface area contributed by atoms with Gasteiger partial charge in [0.2, 0.25) is 11.8 Å². The van der Waals surface area contributed by atoms with Gasteiger partial charge in [-0.05, 0) is 162 Å². The Morgan fingerprint density at radius 2 is 0.959 bits per heavy atom. The predicted molar refractivity (Wildman–Crippen MR) is 281 cm³/mol. The highest BCUT2D eigenvalue weighted by molar-refractivity contribution is 5.89. The topological polar surface area (TPSA) is 175 Å². The molecule has 74 heavy (non-hydrogen) atoms. The van der Waals surface area contributed by atoms with Crippen molar-refractivity contribution in [1.82, 2.24) is 40.4 Å². The lowest BCUT2D eigenvalue weighted by Crippen LogP contribution is -2.52. The molecule has 0 spiro atoms. The first-order valence-electron chi connectivity index (χ1n) is 27.8. The molecule has 0 radical (unpaired) electrons. The van der Waals surface area contributed by atoms with Gasteiger partial charge in [-0.3, -0.25) is 9.59 Å². The summed E-state index contributed by atoms with van der Waals surface area (Å²) in [5.41, 5.74) is 15.8. The SMILES string of the molecule is CC[C@H](C)[C@H](NC(=O)OC)C(=O)N1C2CC2C[C@H]1c1ncc(-c2ccc(-c3ccc(-c4ccc(-c5cnc([C@@H]6CC7CC7N6C(=O)[C@@H](NC(=O)OC)[C@@H](C)CC)[nH]5)c5c4C4CCC5C4)c4c3C3CCC4C3)cc2)[nH]1. The number of hydrogen-bond donors (Lipinski definition) is 4. The van der Waals surface area contributed by atoms with Gasteiger partial charge in [0.05, 0.1) is 50.1 Å². The number of aromatic amines is 2. The van der Waals surface area contributed by atoms with E-state index < -0.39 is 24.3 Å². The van der Waals surface area contributed by atoms with Crippen molar-refractivity contribution >= 4 is 24.0 Å². The summed E-state index contributed by atoms with van der Waals surface area (Å²) in [6.45, 7) is 8.10. The van der Waals surface area contributed by atoms with E-state index in [4.69, 9.17) is 19.4 Å². The van der Waals surface area contributed by atoms with Crippen LogP contribution in [0.4, 0.5) is 9.59 Å². The van der Waals surface area contributed by atoms with Crippen molar-refractivity contribution in [1.29, 1.82) is 0 Å². The average molecular weight is 999 g/mol. The van der Waals surface area contributed by atoms with E-state index in [0.29, 0.717) is 35.5 Å². The van der Waals surface area contributed by atoms with E-state index in [-0.39, 0.29) is 47.8 Å². The molecule has 2 aliphatic heterocycles. The first-order chi connectivity index (χ1) is 36.0. The molecule has 14 heteroatoms. The summed E-state index contributed by atoms with van der Waals surface area (Å²) >= 11 is 0. The quantitative estimate of drug-likeness (QED) is 0.0850. The van der Waals surface area contributed by atoms with Crippen LogP contribution < -0.4 is 10.6 Å². The van der Waals surface area contributed by atoms with E-state index in [1.807, 2.05) is 49.9 Å². The standard InChI is InChI=1S/C60H70N8O6/c1-7-29(3)53(65-59(71)73-5)57(69)67-45-23-37(45)25-47(67)55-61-27-43(63-55)32-11-9-31(10-12-32)39-17-18-40(50-34-14-13-33(21-34)49(39)50)41-19-20-42(52-36-16-15-35(22-36)51(41)52)44-28-62-56(64-44)48-26-38-24-46(38)68(48)58(70)54(30(4)8-2)66-60(72)74-6/h9-12,17-20,27-30,33-38,45-48,53-54H,7-8,13-16,21-26H2,1-6H3,(H,61,63)(H,62,64)(H,65,71)(H,66,72)/t29-,30-,33?,34?,35?,36?,37?,38?,45?,46?,47-,48-,53-,54-/m0/s1. The molecule has 4 bridgehead atoms. The van der Waals surface area contributed by atoms with Gasteiger partial charge in [-0.15, -0.1) is 0 Å². The number of hydrogen-bond acceptors (Lipinski definition) is 8. The predicted octanol–water partition coefficient (Wildman–Crippen LogP) is 11.4. The number of piperidine rings is 2. The van der Waals surface area contributed by atoms with E-state index in [0.717, 1.165) is 67.1 Å². The van der Waals surface area contributed by atoms with Crippen LogP contribution in [0.2, 0.25) is 0 Å². The van der Waals surface area contributed by atoms with Crippen LogP contribution in [-0.2, 0) is 19.1 Å². The Morgan fingerprint density at radius 1 is 0.554 bits per heavy atom. The number of nitrogens with zero attached hydrogens (tertiary/aromatic N) is 4. The number of likely N-dealkylation sites (tertiary alicyclic amines) is 2. The first-order valence-corrected chi connectivity index (χ1v) is 27.8. The largest absolute Gasteiger partial charge is 0.453 e. The van der Waals surface area contributed by atoms with Crippen LogP contribution in [0, 0.1) is 23.7 Å². The lowest BCUT2D eigenvalue weighted by atomic mass is 9.77. The van der Waals surface area contributed by atoms with Gasteiger partial charge in [-0.2, -0.15) is 0 Å². The number of benzene rings is 3. The van der Waals surface area contributed by atoms with Gasteiger partial charge in [-0.1, -0.05) is 89.1 Å². The molecule has 4 amide bonds. The van der Waals surface area contributed by atoms with Crippen LogP contribution in [-0.4, -0.2) is 92.1 Å². The summed E-state index contributed by atoms with van der Waals surface area (Å²) in [6, 6.07) is 17.2. The van der Waals surface area contributed by atoms with Crippen LogP contribution in [0.3, 0.4) is 0 Å². The van der Waals surface area contributed by atoms with Crippen LogP contribution >= 0.6 is 0 Å². The molecule has 14 nitrogen and oxygen atoms in total. The Kier molecular flexibility index (Phi) is 11.6. The Balaban J connectivity index is 0.776. The summed E-state index contributed by atoms with van der Waals surface area (Å²) in [5, 5.41) is 5.69. The van der Waals surface area contributed by atoms with E-state index in [9.17, 15) is 19.2 Å². The summed E-state index contributed by atoms with van der Waals surface area (Å²) in [6.07, 6.45) is 15.3. The number of H-pyrrole nitrogens is 2. The van der Waals surface area contributed by atoms with Crippen molar-refractivity contribution in [3.05, 3.63) is 94.8 Å². The minimum absolute atomic E-state index is 0.0399. The highest BCUT2D eigenvalue weighted by atomic mass is 16.5. The molecule has 13 rings (SSSR count). The summed E-state index contributed by atoms with van der Waals surface area (Å²) < 4.78 is 9.84. The molecule has 6 aliphatic carbocycles. The molecule has 2 aromatic heterocycles. The Labute approximate surface area is 433 Å². The minimum Gasteiger partial charge on any atom is -0.453 e. The second kappa shape index (κ2) is 18.1. The van der Waals surface area contributed by atoms with Crippen LogP contribution in [0.5, 0.6) is 0 Å². The summed E-state index contributed by atoms with van der Waals surface area (Å²) in [7, 11) is 2.67. The molecule has 3 aromatic carbocycles. The molecule has 14 atom stereocenters. The number of carbonyl (C=O) groups is 4. The highest BCUT2D eigenvalue weighted by Crippen LogP contribution is 2.63. The maximum absolute atomic E-state index is 14.3. The van der Waals surface area contributed by atoms with E-state index in [1.54, 1.807) is 11.1 Å². The van der Waals surface area contributed by atoms with Gasteiger partial charge in [0, 0.05) is 17.6 Å². The van der Waals surface area contributed by atoms with Gasteiger partial charge in [0.1, 0.15) is 23.7 Å². The normalized spacial score (nSPS) is 28.7. The monoisotopic (exact) mass is 999 g/mol. The van der Waals surface area contributed by atoms with Crippen LogP contribution in [0.15, 0.2) is 60.9 Å². The number of rotatable bonds is 14. The summed E-state index contributed by atoms with van der Waals surface area (Å²) in [4.78, 5) is 74.5. The third-order valence-corrected chi connectivity index (χ3v) is 19.6. The molecule has 2 saturated heterocycles. The zero-order valence-corrected chi connectivity index (χ0v) is 43.6. The van der Waals surface area contributed by atoms with E-state index >= 15 is 0 Å². The zero-order valence-electron chi connectivity index (χ0n) is 43.6. The molecule has 4 heterocycles. The number of imidazole rings is 2. The minimum atomic E-state index is -0.657. The Hall–Kier alpha value is -6.44. The molecule has 8 aliphatic rings. The van der Waals surface area contributed by atoms with Gasteiger partial charge in [0.25, 0.3) is 0 Å². The third kappa shape index (κ3) is 7.60. The van der Waals surface area contributed by atoms with Gasteiger partial charge < -0.3 is 39.9 Å². The molecule has 6 fully saturated rings. The number of alkyl carbamates (subject to hydrolysis) is 2. The zero-order chi connectivity index (χ0) is 50.8. The smallest absolute Gasteiger partial charge is 0.407 e. The maximum atomic E-state index is 14.3. The molecule has 386 valence electrons. The fourth-order valence-corrected chi connectivity index (χ4v) is 15.2. The average Bonchev–Trinajstić information content (AvgIpc) is 4.06.